The number of aromatic nitrogens is 2. The van der Waals surface area contributed by atoms with Crippen LogP contribution in [0.15, 0.2) is 97.1 Å². The molecule has 2 nitrogen and oxygen atoms in total. The minimum absolute atomic E-state index is 0. The molecular weight excluding hydrogens is 758 g/mol. The maximum absolute atomic E-state index is 2.47. The molecule has 63 heavy (non-hydrogen) atoms. The SMILES string of the molecule is C.C.C1CCCC1.CCC.CCC.CCC.CCC.CCn1c2ccccc2c2cc3cc4c(cc3cc21)CC4.CCn1c2ccccc2c2ccc3c4c(ccc3c21)CC4.[B].[B]. The molecule has 0 amide bonds. The van der Waals surface area contributed by atoms with Crippen LogP contribution in [0.25, 0.3) is 65.2 Å². The fourth-order valence-electron chi connectivity index (χ4n) is 8.72. The Balaban J connectivity index is 0.000000444. The quantitative estimate of drug-likeness (QED) is 0.153. The van der Waals surface area contributed by atoms with E-state index in [1.165, 1.54) is 149 Å². The van der Waals surface area contributed by atoms with E-state index in [1.54, 1.807) is 22.3 Å². The zero-order valence-electron chi connectivity index (χ0n) is 39.9. The highest BCUT2D eigenvalue weighted by Gasteiger charge is 2.20. The Morgan fingerprint density at radius 2 is 0.762 bits per heavy atom. The number of nitrogens with zero attached hydrogens (tertiary/aromatic N) is 2. The molecule has 11 rings (SSSR count). The summed E-state index contributed by atoms with van der Waals surface area (Å²) in [7, 11) is 0. The maximum Gasteiger partial charge on any atom is 0.0571 e. The van der Waals surface area contributed by atoms with Gasteiger partial charge in [-0.05, 0) is 102 Å². The van der Waals surface area contributed by atoms with Crippen molar-refractivity contribution in [2.45, 2.75) is 181 Å². The van der Waals surface area contributed by atoms with Gasteiger partial charge in [-0.15, -0.1) is 0 Å². The first-order valence-electron chi connectivity index (χ1n) is 23.8. The predicted octanol–water partition coefficient (Wildman–Crippen LogP) is 18.3. The second-order valence-corrected chi connectivity index (χ2v) is 16.7. The molecule has 1 saturated carbocycles. The number of hydrogen-bond donors (Lipinski definition) is 0. The second-order valence-electron chi connectivity index (χ2n) is 16.7. The molecule has 0 unspecified atom stereocenters. The highest BCUT2D eigenvalue weighted by Crippen LogP contribution is 2.39. The third-order valence-corrected chi connectivity index (χ3v) is 11.4. The van der Waals surface area contributed by atoms with Crippen molar-refractivity contribution in [3.63, 3.8) is 0 Å². The largest absolute Gasteiger partial charge is 0.341 e. The molecule has 0 saturated heterocycles. The van der Waals surface area contributed by atoms with Crippen LogP contribution in [0.2, 0.25) is 0 Å². The van der Waals surface area contributed by atoms with Gasteiger partial charge in [0.2, 0.25) is 0 Å². The van der Waals surface area contributed by atoms with Gasteiger partial charge in [-0.1, -0.05) is 201 Å². The van der Waals surface area contributed by atoms with Crippen LogP contribution in [-0.2, 0) is 38.8 Å². The smallest absolute Gasteiger partial charge is 0.0571 e. The summed E-state index contributed by atoms with van der Waals surface area (Å²) in [6.07, 6.45) is 17.5. The topological polar surface area (TPSA) is 9.86 Å². The van der Waals surface area contributed by atoms with Gasteiger partial charge >= 0.3 is 0 Å². The number of fused-ring (bicyclic) bond motifs is 12. The third-order valence-electron chi connectivity index (χ3n) is 11.4. The fourth-order valence-corrected chi connectivity index (χ4v) is 8.72. The van der Waals surface area contributed by atoms with Crippen molar-refractivity contribution in [1.29, 1.82) is 0 Å². The van der Waals surface area contributed by atoms with Crippen LogP contribution in [0.3, 0.4) is 0 Å². The van der Waals surface area contributed by atoms with Crippen molar-refractivity contribution in [3.8, 4) is 0 Å². The van der Waals surface area contributed by atoms with E-state index in [0.717, 1.165) is 13.1 Å². The van der Waals surface area contributed by atoms with Gasteiger partial charge < -0.3 is 9.13 Å². The first-order chi connectivity index (χ1) is 28.9. The molecule has 0 aliphatic heterocycles. The summed E-state index contributed by atoms with van der Waals surface area (Å²) in [6, 6.07) is 36.4. The van der Waals surface area contributed by atoms with Crippen LogP contribution in [0.4, 0.5) is 0 Å². The Labute approximate surface area is 389 Å². The van der Waals surface area contributed by atoms with Gasteiger partial charge in [-0.25, -0.2) is 0 Å². The molecule has 3 aliphatic rings. The van der Waals surface area contributed by atoms with E-state index in [4.69, 9.17) is 0 Å². The molecule has 6 aromatic carbocycles. The normalized spacial score (nSPS) is 12.2. The molecule has 0 N–H and O–H groups in total. The summed E-state index contributed by atoms with van der Waals surface area (Å²) < 4.78 is 4.90. The molecule has 0 bridgehead atoms. The van der Waals surface area contributed by atoms with Crippen LogP contribution >= 0.6 is 0 Å². The highest BCUT2D eigenvalue weighted by atomic mass is 15.0. The standard InChI is InChI=1S/2C20H17N.C5H10.4C3H8.2CH4.2B/c1-2-21-19-6-4-3-5-16(19)18-12-11-15-14-9-7-13(14)8-10-17(15)20(18)21;1-2-21-19-6-4-3-5-17(19)18-11-15-9-13-7-8-14(13)10-16(15)12-20(18)21;1-2-4-5-3-1;4*1-3-2;;;;/h3-6,8,10-12H,2,7,9H2,1H3;3-6,9-12H,2,7-8H2,1H3;1-5H2;4*3H2,1-2H3;2*1H4;;. The highest BCUT2D eigenvalue weighted by molar-refractivity contribution is 6.18. The van der Waals surface area contributed by atoms with Gasteiger partial charge in [0.15, 0.2) is 0 Å². The Bertz CT molecular complexity index is 2520. The number of para-hydroxylation sites is 2. The van der Waals surface area contributed by atoms with Gasteiger partial charge in [0.25, 0.3) is 0 Å². The lowest BCUT2D eigenvalue weighted by molar-refractivity contribution is 0.827. The van der Waals surface area contributed by atoms with Crippen molar-refractivity contribution >= 4 is 82.0 Å². The van der Waals surface area contributed by atoms with Gasteiger partial charge in [-0.3, -0.25) is 0 Å². The minimum atomic E-state index is 0. The van der Waals surface area contributed by atoms with Gasteiger partial charge in [-0.2, -0.15) is 0 Å². The third kappa shape index (κ3) is 12.6. The number of benzene rings is 6. The van der Waals surface area contributed by atoms with E-state index in [2.05, 4.69) is 175 Å². The van der Waals surface area contributed by atoms with Crippen molar-refractivity contribution in [1.82, 2.24) is 9.13 Å². The van der Waals surface area contributed by atoms with Gasteiger partial charge in [0, 0.05) is 73.4 Å². The van der Waals surface area contributed by atoms with Crippen molar-refractivity contribution in [3.05, 3.63) is 119 Å². The van der Waals surface area contributed by atoms with Crippen LogP contribution in [0, 0.1) is 0 Å². The molecular formula is C59H84B2N2. The molecule has 6 radical (unpaired) electrons. The monoisotopic (exact) mass is 843 g/mol. The summed E-state index contributed by atoms with van der Waals surface area (Å²) in [5.41, 5.74) is 11.7. The van der Waals surface area contributed by atoms with E-state index in [-0.39, 0.29) is 31.7 Å². The van der Waals surface area contributed by atoms with Crippen LogP contribution in [0.5, 0.6) is 0 Å². The lowest BCUT2D eigenvalue weighted by atomic mass is 9.84. The Kier molecular flexibility index (Phi) is 25.5. The number of rotatable bonds is 2. The van der Waals surface area contributed by atoms with E-state index in [9.17, 15) is 0 Å². The zero-order valence-corrected chi connectivity index (χ0v) is 39.9. The first kappa shape index (κ1) is 56.6. The molecule has 1 fully saturated rings. The molecule has 4 heteroatoms. The average molecular weight is 843 g/mol. The first-order valence-corrected chi connectivity index (χ1v) is 23.8. The molecule has 0 atom stereocenters. The lowest BCUT2D eigenvalue weighted by Gasteiger charge is -2.21. The van der Waals surface area contributed by atoms with Crippen molar-refractivity contribution < 1.29 is 0 Å². The van der Waals surface area contributed by atoms with Crippen LogP contribution in [0.1, 0.15) is 164 Å². The zero-order chi connectivity index (χ0) is 42.3. The minimum Gasteiger partial charge on any atom is -0.341 e. The Hall–Kier alpha value is -4.43. The summed E-state index contributed by atoms with van der Waals surface area (Å²) in [6.45, 7) is 23.5. The molecule has 336 valence electrons. The summed E-state index contributed by atoms with van der Waals surface area (Å²) in [5.74, 6) is 0. The lowest BCUT2D eigenvalue weighted by Crippen LogP contribution is -2.08. The second kappa shape index (κ2) is 28.4. The molecule has 2 aromatic heterocycles. The van der Waals surface area contributed by atoms with Gasteiger partial charge in [0.1, 0.15) is 0 Å². The average Bonchev–Trinajstić information content (AvgIpc) is 3.98. The molecule has 8 aromatic rings. The predicted molar refractivity (Wildman–Crippen MR) is 292 cm³/mol. The maximum atomic E-state index is 2.47. The summed E-state index contributed by atoms with van der Waals surface area (Å²) >= 11 is 0. The molecule has 0 spiro atoms. The fraction of sp³-hybridized carbons (Fsp3) is 0.458. The molecule has 3 aliphatic carbocycles. The summed E-state index contributed by atoms with van der Waals surface area (Å²) in [4.78, 5) is 0. The Morgan fingerprint density at radius 3 is 1.22 bits per heavy atom. The van der Waals surface area contributed by atoms with E-state index in [1.807, 2.05) is 0 Å². The molecule has 2 heterocycles. The van der Waals surface area contributed by atoms with Gasteiger partial charge in [0.05, 0.1) is 5.52 Å². The van der Waals surface area contributed by atoms with E-state index in [0.29, 0.717) is 0 Å². The van der Waals surface area contributed by atoms with Crippen molar-refractivity contribution in [2.24, 2.45) is 0 Å². The van der Waals surface area contributed by atoms with Crippen molar-refractivity contribution in [2.75, 3.05) is 0 Å². The number of hydrogen-bond acceptors (Lipinski definition) is 0. The van der Waals surface area contributed by atoms with E-state index < -0.39 is 0 Å². The summed E-state index contributed by atoms with van der Waals surface area (Å²) in [5, 5.41) is 11.2. The van der Waals surface area contributed by atoms with Crippen LogP contribution in [-0.4, -0.2) is 26.0 Å². The van der Waals surface area contributed by atoms with Crippen LogP contribution < -0.4 is 0 Å². The number of aryl methyl sites for hydroxylation is 6. The Morgan fingerprint density at radius 1 is 0.365 bits per heavy atom. The van der Waals surface area contributed by atoms with E-state index >= 15 is 0 Å².